The van der Waals surface area contributed by atoms with Gasteiger partial charge in [0.05, 0.1) is 30.1 Å². The molecule has 1 aliphatic carbocycles. The molecule has 3 N–H and O–H groups in total. The molecule has 27 heavy (non-hydrogen) atoms. The molecule has 3 rings (SSSR count). The fraction of sp³-hybridized carbons (Fsp3) is 0.900. The zero-order chi connectivity index (χ0) is 20.4. The summed E-state index contributed by atoms with van der Waals surface area (Å²) in [6, 6.07) is 0. The van der Waals surface area contributed by atoms with E-state index in [0.717, 1.165) is 0 Å². The zero-order valence-corrected chi connectivity index (χ0v) is 16.8. The van der Waals surface area contributed by atoms with Gasteiger partial charge in [0.25, 0.3) is 0 Å². The number of rotatable bonds is 5. The third-order valence-electron chi connectivity index (χ3n) is 7.76. The number of aliphatic hydroxyl groups is 1. The van der Waals surface area contributed by atoms with Gasteiger partial charge in [0.1, 0.15) is 11.7 Å². The summed E-state index contributed by atoms with van der Waals surface area (Å²) in [5, 5.41) is 30.3. The highest BCUT2D eigenvalue weighted by Crippen LogP contribution is 2.63. The molecule has 7 nitrogen and oxygen atoms in total. The normalized spacial score (nSPS) is 47.2. The Labute approximate surface area is 160 Å². The first-order chi connectivity index (χ1) is 12.3. The zero-order valence-electron chi connectivity index (χ0n) is 16.8. The first-order valence-electron chi connectivity index (χ1n) is 9.72. The Morgan fingerprint density at radius 1 is 1.19 bits per heavy atom. The highest BCUT2D eigenvalue weighted by Gasteiger charge is 2.66. The Morgan fingerprint density at radius 2 is 1.78 bits per heavy atom. The van der Waals surface area contributed by atoms with Crippen LogP contribution in [0.15, 0.2) is 0 Å². The number of hydrogen-bond donors (Lipinski definition) is 3. The molecule has 1 saturated carbocycles. The molecular formula is C20H32O7. The molecular weight excluding hydrogens is 352 g/mol. The van der Waals surface area contributed by atoms with Crippen LogP contribution in [0.25, 0.3) is 0 Å². The monoisotopic (exact) mass is 384 g/mol. The van der Waals surface area contributed by atoms with Crippen molar-refractivity contribution < 1.29 is 34.4 Å². The highest BCUT2D eigenvalue weighted by molar-refractivity contribution is 5.75. The maximum absolute atomic E-state index is 12.0. The summed E-state index contributed by atoms with van der Waals surface area (Å²) in [5.41, 5.74) is -3.33. The minimum atomic E-state index is -1.07. The second-order valence-corrected chi connectivity index (χ2v) is 9.92. The van der Waals surface area contributed by atoms with Crippen LogP contribution in [0.1, 0.15) is 60.3 Å². The third kappa shape index (κ3) is 3.08. The van der Waals surface area contributed by atoms with E-state index in [0.29, 0.717) is 25.9 Å². The fourth-order valence-corrected chi connectivity index (χ4v) is 6.11. The lowest BCUT2D eigenvalue weighted by molar-refractivity contribution is -0.295. The molecule has 7 atom stereocenters. The quantitative estimate of drug-likeness (QED) is 0.623. The lowest BCUT2D eigenvalue weighted by atomic mass is 9.47. The first-order valence-corrected chi connectivity index (χ1v) is 9.72. The first kappa shape index (κ1) is 20.6. The van der Waals surface area contributed by atoms with Gasteiger partial charge in [0.15, 0.2) is 0 Å². The van der Waals surface area contributed by atoms with Crippen LogP contribution in [-0.4, -0.2) is 57.3 Å². The van der Waals surface area contributed by atoms with Crippen LogP contribution in [0.2, 0.25) is 0 Å². The van der Waals surface area contributed by atoms with Crippen molar-refractivity contribution in [3.63, 3.8) is 0 Å². The molecule has 3 fully saturated rings. The third-order valence-corrected chi connectivity index (χ3v) is 7.76. The van der Waals surface area contributed by atoms with Crippen molar-refractivity contribution in [2.45, 2.75) is 83.7 Å². The summed E-state index contributed by atoms with van der Waals surface area (Å²) in [6.45, 7) is 9.60. The van der Waals surface area contributed by atoms with Gasteiger partial charge in [0.2, 0.25) is 0 Å². The minimum absolute atomic E-state index is 0.149. The van der Waals surface area contributed by atoms with Crippen molar-refractivity contribution in [2.24, 2.45) is 22.7 Å². The number of carboxylic acid groups (broad SMARTS) is 2. The Hall–Kier alpha value is -1.18. The van der Waals surface area contributed by atoms with Crippen molar-refractivity contribution in [3.8, 4) is 0 Å². The van der Waals surface area contributed by atoms with E-state index in [1.54, 1.807) is 13.8 Å². The largest absolute Gasteiger partial charge is 0.481 e. The molecule has 3 aliphatic rings. The minimum Gasteiger partial charge on any atom is -0.481 e. The van der Waals surface area contributed by atoms with Crippen LogP contribution in [0.3, 0.4) is 0 Å². The molecule has 0 amide bonds. The topological polar surface area (TPSA) is 117 Å². The van der Waals surface area contributed by atoms with Gasteiger partial charge in [-0.25, -0.2) is 0 Å². The average Bonchev–Trinajstić information content (AvgIpc) is 3.34. The van der Waals surface area contributed by atoms with E-state index in [1.165, 1.54) is 0 Å². The average molecular weight is 384 g/mol. The Balaban J connectivity index is 2.02. The van der Waals surface area contributed by atoms with E-state index in [2.05, 4.69) is 0 Å². The van der Waals surface area contributed by atoms with Crippen molar-refractivity contribution in [2.75, 3.05) is 6.61 Å². The number of carboxylic acids is 2. The van der Waals surface area contributed by atoms with Crippen molar-refractivity contribution in [1.82, 2.24) is 0 Å². The molecule has 1 unspecified atom stereocenters. The van der Waals surface area contributed by atoms with Crippen LogP contribution in [0.5, 0.6) is 0 Å². The second-order valence-electron chi connectivity index (χ2n) is 9.92. The number of epoxide rings is 1. The van der Waals surface area contributed by atoms with Gasteiger partial charge in [-0.05, 0) is 64.2 Å². The Morgan fingerprint density at radius 3 is 2.26 bits per heavy atom. The van der Waals surface area contributed by atoms with Gasteiger partial charge in [-0.1, -0.05) is 6.92 Å². The van der Waals surface area contributed by atoms with E-state index in [4.69, 9.17) is 9.47 Å². The summed E-state index contributed by atoms with van der Waals surface area (Å²) in [5.74, 6) is -2.49. The van der Waals surface area contributed by atoms with E-state index < -0.39 is 40.1 Å². The van der Waals surface area contributed by atoms with E-state index >= 15 is 0 Å². The van der Waals surface area contributed by atoms with Crippen LogP contribution in [-0.2, 0) is 19.1 Å². The summed E-state index contributed by atoms with van der Waals surface area (Å²) < 4.78 is 11.9. The summed E-state index contributed by atoms with van der Waals surface area (Å²) in [7, 11) is 0. The smallest absolute Gasteiger partial charge is 0.309 e. The second kappa shape index (κ2) is 6.16. The van der Waals surface area contributed by atoms with Crippen molar-refractivity contribution in [3.05, 3.63) is 0 Å². The van der Waals surface area contributed by atoms with Crippen LogP contribution < -0.4 is 0 Å². The van der Waals surface area contributed by atoms with Gasteiger partial charge in [-0.3, -0.25) is 9.59 Å². The predicted octanol–water partition coefficient (Wildman–Crippen LogP) is 2.30. The lowest BCUT2D eigenvalue weighted by Crippen LogP contribution is -2.67. The van der Waals surface area contributed by atoms with E-state index in [1.807, 2.05) is 20.8 Å². The summed E-state index contributed by atoms with van der Waals surface area (Å²) in [6.07, 6.45) is 0.480. The fourth-order valence-electron chi connectivity index (χ4n) is 6.11. The van der Waals surface area contributed by atoms with Crippen molar-refractivity contribution in [1.29, 1.82) is 0 Å². The van der Waals surface area contributed by atoms with Gasteiger partial charge < -0.3 is 24.8 Å². The maximum atomic E-state index is 12.0. The Bertz CT molecular complexity index is 642. The molecule has 2 saturated heterocycles. The molecule has 0 aromatic heterocycles. The van der Waals surface area contributed by atoms with E-state index in [-0.39, 0.29) is 24.4 Å². The number of ether oxygens (including phenoxy) is 2. The molecule has 7 heteroatoms. The predicted molar refractivity (Wildman–Crippen MR) is 96.2 cm³/mol. The number of fused-ring (bicyclic) bond motifs is 1. The molecule has 154 valence electrons. The highest BCUT2D eigenvalue weighted by atomic mass is 16.6. The van der Waals surface area contributed by atoms with Crippen LogP contribution in [0.4, 0.5) is 0 Å². The molecule has 0 bridgehead atoms. The molecule has 2 heterocycles. The van der Waals surface area contributed by atoms with Gasteiger partial charge in [-0.2, -0.15) is 0 Å². The lowest BCUT2D eigenvalue weighted by Gasteiger charge is -2.63. The van der Waals surface area contributed by atoms with Crippen LogP contribution >= 0.6 is 0 Å². The summed E-state index contributed by atoms with van der Waals surface area (Å²) >= 11 is 0. The van der Waals surface area contributed by atoms with Crippen molar-refractivity contribution >= 4 is 11.9 Å². The molecule has 0 radical (unpaired) electrons. The van der Waals surface area contributed by atoms with Gasteiger partial charge in [-0.15, -0.1) is 0 Å². The molecule has 0 aromatic carbocycles. The number of hydrogen-bond acceptors (Lipinski definition) is 5. The number of aliphatic hydroxyl groups excluding tert-OH is 1. The van der Waals surface area contributed by atoms with E-state index in [9.17, 15) is 24.9 Å². The Kier molecular flexibility index (Phi) is 4.69. The van der Waals surface area contributed by atoms with Gasteiger partial charge >= 0.3 is 11.9 Å². The van der Waals surface area contributed by atoms with Gasteiger partial charge in [0, 0.05) is 0 Å². The standard InChI is InChI=1S/C20H32O7/c1-17(2,16(24)25)11-6-7-19(4)12(18(11,3)9-15(22)23)8-13(21)20(5,27-19)14-10-26-14/h11-14,21H,6-10H2,1-5H3,(H,22,23)(H,24,25)/t11-,12+,13?,14-,18+,19+,20-/m1/s1. The van der Waals surface area contributed by atoms with Crippen LogP contribution in [0, 0.1) is 22.7 Å². The molecule has 0 aromatic rings. The SMILES string of the molecule is CC(C)(C(=O)O)[C@H]1CC[C@]2(C)O[C@@](C)([C@H]3CO3)C(O)C[C@H]2[C@@]1(C)CC(=O)O. The number of aliphatic carboxylic acids is 2. The number of carbonyl (C=O) groups is 2. The molecule has 2 aliphatic heterocycles. The molecule has 0 spiro atoms. The summed E-state index contributed by atoms with van der Waals surface area (Å²) in [4.78, 5) is 23.7. The maximum Gasteiger partial charge on any atom is 0.309 e.